The van der Waals surface area contributed by atoms with Crippen molar-refractivity contribution in [3.8, 4) is 6.07 Å². The van der Waals surface area contributed by atoms with E-state index in [4.69, 9.17) is 10.00 Å². The van der Waals surface area contributed by atoms with Crippen molar-refractivity contribution in [2.24, 2.45) is 0 Å². The second-order valence-electron chi connectivity index (χ2n) is 4.75. The molecule has 4 heteroatoms. The van der Waals surface area contributed by atoms with E-state index in [2.05, 4.69) is 23.2 Å². The molecule has 0 aromatic rings. The zero-order valence-electron chi connectivity index (χ0n) is 9.98. The molecule has 0 aromatic heterocycles. The molecular formula is C12H21N3O. The van der Waals surface area contributed by atoms with Crippen LogP contribution < -0.4 is 5.32 Å². The fourth-order valence-electron chi connectivity index (χ4n) is 2.21. The number of hydrogen-bond acceptors (Lipinski definition) is 4. The third-order valence-corrected chi connectivity index (χ3v) is 3.41. The van der Waals surface area contributed by atoms with Crippen LogP contribution in [0.3, 0.4) is 0 Å². The molecule has 2 rings (SSSR count). The summed E-state index contributed by atoms with van der Waals surface area (Å²) in [4.78, 5) is 2.40. The predicted molar refractivity (Wildman–Crippen MR) is 62.0 cm³/mol. The van der Waals surface area contributed by atoms with Gasteiger partial charge in [-0.05, 0) is 19.3 Å². The Bertz CT molecular complexity index is 259. The van der Waals surface area contributed by atoms with Crippen molar-refractivity contribution < 1.29 is 4.74 Å². The average molecular weight is 223 g/mol. The van der Waals surface area contributed by atoms with E-state index in [0.29, 0.717) is 12.1 Å². The molecule has 1 saturated heterocycles. The van der Waals surface area contributed by atoms with Crippen LogP contribution in [0.2, 0.25) is 0 Å². The Hall–Kier alpha value is -0.630. The van der Waals surface area contributed by atoms with Gasteiger partial charge in [0.15, 0.2) is 0 Å². The van der Waals surface area contributed by atoms with Crippen LogP contribution in [0.1, 0.15) is 26.2 Å². The number of nitrogens with zero attached hydrogens (tertiary/aromatic N) is 2. The summed E-state index contributed by atoms with van der Waals surface area (Å²) >= 11 is 0. The second-order valence-corrected chi connectivity index (χ2v) is 4.75. The van der Waals surface area contributed by atoms with Crippen molar-refractivity contribution >= 4 is 0 Å². The Morgan fingerprint density at radius 3 is 3.00 bits per heavy atom. The van der Waals surface area contributed by atoms with Gasteiger partial charge in [0.25, 0.3) is 0 Å². The van der Waals surface area contributed by atoms with Gasteiger partial charge in [0.1, 0.15) is 6.04 Å². The summed E-state index contributed by atoms with van der Waals surface area (Å²) in [6, 6.07) is 3.45. The highest BCUT2D eigenvalue weighted by Gasteiger charge is 2.28. The van der Waals surface area contributed by atoms with Crippen molar-refractivity contribution in [1.82, 2.24) is 10.2 Å². The van der Waals surface area contributed by atoms with Gasteiger partial charge in [0.2, 0.25) is 0 Å². The number of ether oxygens (including phenoxy) is 1. The molecule has 16 heavy (non-hydrogen) atoms. The molecule has 1 heterocycles. The van der Waals surface area contributed by atoms with Crippen LogP contribution in [0.5, 0.6) is 0 Å². The van der Waals surface area contributed by atoms with Gasteiger partial charge in [-0.2, -0.15) is 5.26 Å². The lowest BCUT2D eigenvalue weighted by Crippen LogP contribution is -2.50. The molecule has 0 amide bonds. The molecule has 0 spiro atoms. The quantitative estimate of drug-likeness (QED) is 0.747. The standard InChI is InChI=1S/C12H21N3O/c1-2-12-9-16-6-5-15(12)8-11(7-13)14-10-3-4-10/h10-12,14H,2-6,8-9H2,1H3. The first-order valence-corrected chi connectivity index (χ1v) is 6.31. The Morgan fingerprint density at radius 2 is 2.38 bits per heavy atom. The molecule has 2 atom stereocenters. The third kappa shape index (κ3) is 3.18. The van der Waals surface area contributed by atoms with E-state index in [1.54, 1.807) is 0 Å². The van der Waals surface area contributed by atoms with Crippen LogP contribution in [0.4, 0.5) is 0 Å². The van der Waals surface area contributed by atoms with Gasteiger partial charge in [-0.25, -0.2) is 0 Å². The van der Waals surface area contributed by atoms with Crippen molar-refractivity contribution in [2.45, 2.75) is 44.3 Å². The maximum absolute atomic E-state index is 9.12. The van der Waals surface area contributed by atoms with E-state index in [0.717, 1.165) is 32.7 Å². The van der Waals surface area contributed by atoms with Crippen molar-refractivity contribution in [2.75, 3.05) is 26.3 Å². The van der Waals surface area contributed by atoms with Crippen LogP contribution in [-0.4, -0.2) is 49.3 Å². The van der Waals surface area contributed by atoms with Gasteiger partial charge in [0.05, 0.1) is 19.3 Å². The molecule has 1 aliphatic carbocycles. The summed E-state index contributed by atoms with van der Waals surface area (Å²) in [6.45, 7) is 5.61. The summed E-state index contributed by atoms with van der Waals surface area (Å²) in [5.74, 6) is 0. The minimum atomic E-state index is -0.0142. The lowest BCUT2D eigenvalue weighted by Gasteiger charge is -2.36. The van der Waals surface area contributed by atoms with Crippen molar-refractivity contribution in [3.05, 3.63) is 0 Å². The van der Waals surface area contributed by atoms with Gasteiger partial charge in [-0.15, -0.1) is 0 Å². The number of nitriles is 1. The SMILES string of the molecule is CCC1COCCN1CC(C#N)NC1CC1. The van der Waals surface area contributed by atoms with Crippen LogP contribution in [0, 0.1) is 11.3 Å². The highest BCUT2D eigenvalue weighted by molar-refractivity contribution is 4.98. The van der Waals surface area contributed by atoms with Gasteiger partial charge < -0.3 is 4.74 Å². The van der Waals surface area contributed by atoms with E-state index < -0.39 is 0 Å². The first-order chi connectivity index (χ1) is 7.83. The Labute approximate surface area is 97.6 Å². The average Bonchev–Trinajstić information content (AvgIpc) is 3.13. The van der Waals surface area contributed by atoms with Gasteiger partial charge in [0, 0.05) is 25.2 Å². The summed E-state index contributed by atoms with van der Waals surface area (Å²) in [7, 11) is 0. The molecule has 2 fully saturated rings. The number of rotatable bonds is 5. The molecule has 4 nitrogen and oxygen atoms in total. The maximum atomic E-state index is 9.12. The molecule has 0 bridgehead atoms. The maximum Gasteiger partial charge on any atom is 0.108 e. The van der Waals surface area contributed by atoms with E-state index in [1.165, 1.54) is 12.8 Å². The van der Waals surface area contributed by atoms with Crippen LogP contribution in [0.25, 0.3) is 0 Å². The van der Waals surface area contributed by atoms with E-state index in [1.807, 2.05) is 0 Å². The third-order valence-electron chi connectivity index (χ3n) is 3.41. The molecule has 0 aromatic carbocycles. The predicted octanol–water partition coefficient (Wildman–Crippen LogP) is 0.741. The minimum Gasteiger partial charge on any atom is -0.378 e. The Kier molecular flexibility index (Phi) is 4.16. The van der Waals surface area contributed by atoms with Crippen molar-refractivity contribution in [3.63, 3.8) is 0 Å². The van der Waals surface area contributed by atoms with Crippen LogP contribution in [0.15, 0.2) is 0 Å². The minimum absolute atomic E-state index is 0.0142. The molecule has 1 aliphatic heterocycles. The normalized spacial score (nSPS) is 28.6. The topological polar surface area (TPSA) is 48.3 Å². The first kappa shape index (κ1) is 11.8. The lowest BCUT2D eigenvalue weighted by atomic mass is 10.1. The fourth-order valence-corrected chi connectivity index (χ4v) is 2.21. The van der Waals surface area contributed by atoms with E-state index in [-0.39, 0.29) is 6.04 Å². The van der Waals surface area contributed by atoms with E-state index in [9.17, 15) is 0 Å². The summed E-state index contributed by atoms with van der Waals surface area (Å²) in [5, 5.41) is 12.5. The van der Waals surface area contributed by atoms with Gasteiger partial charge >= 0.3 is 0 Å². The van der Waals surface area contributed by atoms with Crippen molar-refractivity contribution in [1.29, 1.82) is 5.26 Å². The summed E-state index contributed by atoms with van der Waals surface area (Å²) in [6.07, 6.45) is 3.57. The largest absolute Gasteiger partial charge is 0.378 e. The van der Waals surface area contributed by atoms with Gasteiger partial charge in [-0.3, -0.25) is 10.2 Å². The molecule has 2 aliphatic rings. The molecule has 2 unspecified atom stereocenters. The van der Waals surface area contributed by atoms with Crippen LogP contribution >= 0.6 is 0 Å². The second kappa shape index (κ2) is 5.62. The number of hydrogen-bond donors (Lipinski definition) is 1. The molecule has 0 radical (unpaired) electrons. The molecule has 90 valence electrons. The molecule has 1 N–H and O–H groups in total. The zero-order valence-corrected chi connectivity index (χ0v) is 9.98. The lowest BCUT2D eigenvalue weighted by molar-refractivity contribution is -0.0104. The first-order valence-electron chi connectivity index (χ1n) is 6.31. The number of morpholine rings is 1. The van der Waals surface area contributed by atoms with Crippen LogP contribution in [-0.2, 0) is 4.74 Å². The summed E-state index contributed by atoms with van der Waals surface area (Å²) in [5.41, 5.74) is 0. The zero-order chi connectivity index (χ0) is 11.4. The Morgan fingerprint density at radius 1 is 1.56 bits per heavy atom. The molecular weight excluding hydrogens is 202 g/mol. The molecule has 1 saturated carbocycles. The monoisotopic (exact) mass is 223 g/mol. The van der Waals surface area contributed by atoms with E-state index >= 15 is 0 Å². The highest BCUT2D eigenvalue weighted by atomic mass is 16.5. The Balaban J connectivity index is 1.82. The fraction of sp³-hybridized carbons (Fsp3) is 0.917. The smallest absolute Gasteiger partial charge is 0.108 e. The number of nitrogens with one attached hydrogen (secondary N) is 1. The van der Waals surface area contributed by atoms with Gasteiger partial charge in [-0.1, -0.05) is 6.92 Å². The summed E-state index contributed by atoms with van der Waals surface area (Å²) < 4.78 is 5.47. The highest BCUT2D eigenvalue weighted by Crippen LogP contribution is 2.20.